The summed E-state index contributed by atoms with van der Waals surface area (Å²) >= 11 is 5.72. The number of urea groups is 1. The van der Waals surface area contributed by atoms with Crippen molar-refractivity contribution in [3.63, 3.8) is 0 Å². The van der Waals surface area contributed by atoms with E-state index in [1.165, 1.54) is 6.07 Å². The van der Waals surface area contributed by atoms with Gasteiger partial charge in [0.2, 0.25) is 0 Å². The number of hydrogen-bond acceptors (Lipinski definition) is 2. The van der Waals surface area contributed by atoms with E-state index >= 15 is 0 Å². The molecule has 1 aromatic rings. The topological polar surface area (TPSA) is 70.2 Å². The van der Waals surface area contributed by atoms with Gasteiger partial charge in [-0.15, -0.1) is 0 Å². The van der Waals surface area contributed by atoms with Crippen LogP contribution in [0.1, 0.15) is 17.3 Å². The predicted octanol–water partition coefficient (Wildman–Crippen LogP) is 1.30. The maximum absolute atomic E-state index is 11.5. The molecule has 0 unspecified atom stereocenters. The van der Waals surface area contributed by atoms with E-state index in [0.29, 0.717) is 17.1 Å². The van der Waals surface area contributed by atoms with Gasteiger partial charge in [-0.2, -0.15) is 0 Å². The van der Waals surface area contributed by atoms with Crippen molar-refractivity contribution in [2.24, 2.45) is 0 Å². The van der Waals surface area contributed by atoms with Crippen molar-refractivity contribution in [3.8, 4) is 0 Å². The van der Waals surface area contributed by atoms with Crippen LogP contribution in [0.2, 0.25) is 5.02 Å². The monoisotopic (exact) mass is 241 g/mol. The fourth-order valence-corrected chi connectivity index (χ4v) is 1.21. The number of nitrogens with one attached hydrogen (secondary N) is 3. The molecule has 1 rings (SSSR count). The van der Waals surface area contributed by atoms with Crippen molar-refractivity contribution in [1.82, 2.24) is 16.2 Å². The van der Waals surface area contributed by atoms with E-state index in [-0.39, 0.29) is 0 Å². The van der Waals surface area contributed by atoms with Crippen molar-refractivity contribution in [2.45, 2.75) is 6.92 Å². The van der Waals surface area contributed by atoms with Crippen LogP contribution >= 0.6 is 11.6 Å². The highest BCUT2D eigenvalue weighted by atomic mass is 35.5. The summed E-state index contributed by atoms with van der Waals surface area (Å²) < 4.78 is 0. The second-order valence-electron chi connectivity index (χ2n) is 2.95. The van der Waals surface area contributed by atoms with E-state index in [9.17, 15) is 9.59 Å². The molecule has 0 bridgehead atoms. The highest BCUT2D eigenvalue weighted by Gasteiger charge is 2.06. The molecule has 0 aliphatic heterocycles. The zero-order chi connectivity index (χ0) is 12.0. The lowest BCUT2D eigenvalue weighted by Gasteiger charge is -2.07. The number of amides is 3. The summed E-state index contributed by atoms with van der Waals surface area (Å²) in [5.74, 6) is -0.422. The lowest BCUT2D eigenvalue weighted by Crippen LogP contribution is -2.46. The van der Waals surface area contributed by atoms with Crippen LogP contribution in [0, 0.1) is 0 Å². The van der Waals surface area contributed by atoms with Crippen LogP contribution in [0.15, 0.2) is 24.3 Å². The Bertz CT molecular complexity index is 395. The molecule has 0 radical (unpaired) electrons. The number of carbonyl (C=O) groups excluding carboxylic acids is 2. The third-order valence-electron chi connectivity index (χ3n) is 1.71. The van der Waals surface area contributed by atoms with Crippen LogP contribution in [-0.2, 0) is 0 Å². The smallest absolute Gasteiger partial charge is 0.333 e. The molecule has 0 fully saturated rings. The van der Waals surface area contributed by atoms with Crippen molar-refractivity contribution < 1.29 is 9.59 Å². The van der Waals surface area contributed by atoms with Gasteiger partial charge in [-0.1, -0.05) is 17.7 Å². The molecule has 0 saturated heterocycles. The summed E-state index contributed by atoms with van der Waals surface area (Å²) in [6.07, 6.45) is 0. The first-order chi connectivity index (χ1) is 7.63. The summed E-state index contributed by atoms with van der Waals surface area (Å²) in [5, 5.41) is 2.94. The molecule has 0 aliphatic rings. The standard InChI is InChI=1S/C10H12ClN3O2/c1-2-12-10(16)14-13-9(15)7-4-3-5-8(11)6-7/h3-6H,2H2,1H3,(H,13,15)(H2,12,14,16). The Hall–Kier alpha value is -1.75. The first-order valence-electron chi connectivity index (χ1n) is 4.73. The Balaban J connectivity index is 2.50. The molecule has 0 atom stereocenters. The van der Waals surface area contributed by atoms with Crippen LogP contribution in [0.3, 0.4) is 0 Å². The summed E-state index contributed by atoms with van der Waals surface area (Å²) in [7, 11) is 0. The molecule has 0 aromatic heterocycles. The van der Waals surface area contributed by atoms with Gasteiger partial charge in [0, 0.05) is 17.1 Å². The third kappa shape index (κ3) is 3.78. The van der Waals surface area contributed by atoms with Gasteiger partial charge in [0.05, 0.1) is 0 Å². The fraction of sp³-hybridized carbons (Fsp3) is 0.200. The summed E-state index contributed by atoms with van der Waals surface area (Å²) in [4.78, 5) is 22.5. The van der Waals surface area contributed by atoms with Gasteiger partial charge < -0.3 is 5.32 Å². The highest BCUT2D eigenvalue weighted by Crippen LogP contribution is 2.09. The largest absolute Gasteiger partial charge is 0.337 e. The first-order valence-corrected chi connectivity index (χ1v) is 5.11. The second kappa shape index (κ2) is 5.97. The minimum atomic E-state index is -0.460. The van der Waals surface area contributed by atoms with Gasteiger partial charge in [-0.3, -0.25) is 10.2 Å². The van der Waals surface area contributed by atoms with Crippen molar-refractivity contribution in [3.05, 3.63) is 34.9 Å². The maximum atomic E-state index is 11.5. The molecule has 0 spiro atoms. The molecule has 3 N–H and O–H groups in total. The van der Waals surface area contributed by atoms with Crippen molar-refractivity contribution >= 4 is 23.5 Å². The average molecular weight is 242 g/mol. The minimum Gasteiger partial charge on any atom is -0.337 e. The van der Waals surface area contributed by atoms with Crippen molar-refractivity contribution in [1.29, 1.82) is 0 Å². The number of hydrazine groups is 1. The van der Waals surface area contributed by atoms with E-state index in [1.807, 2.05) is 0 Å². The van der Waals surface area contributed by atoms with E-state index in [1.54, 1.807) is 25.1 Å². The molecule has 6 heteroatoms. The Morgan fingerprint density at radius 3 is 2.69 bits per heavy atom. The van der Waals surface area contributed by atoms with Gasteiger partial charge in [-0.05, 0) is 25.1 Å². The Morgan fingerprint density at radius 2 is 2.06 bits per heavy atom. The summed E-state index contributed by atoms with van der Waals surface area (Å²) in [6.45, 7) is 2.26. The third-order valence-corrected chi connectivity index (χ3v) is 1.95. The number of benzene rings is 1. The van der Waals surface area contributed by atoms with E-state index in [0.717, 1.165) is 0 Å². The number of rotatable bonds is 2. The molecule has 3 amide bonds. The number of halogens is 1. The van der Waals surface area contributed by atoms with Gasteiger partial charge >= 0.3 is 6.03 Å². The van der Waals surface area contributed by atoms with E-state index < -0.39 is 11.9 Å². The van der Waals surface area contributed by atoms with Crippen LogP contribution < -0.4 is 16.2 Å². The van der Waals surface area contributed by atoms with Gasteiger partial charge in [0.1, 0.15) is 0 Å². The maximum Gasteiger partial charge on any atom is 0.333 e. The molecule has 5 nitrogen and oxygen atoms in total. The highest BCUT2D eigenvalue weighted by molar-refractivity contribution is 6.30. The molecular weight excluding hydrogens is 230 g/mol. The van der Waals surface area contributed by atoms with Gasteiger partial charge in [0.25, 0.3) is 5.91 Å². The molecule has 0 aliphatic carbocycles. The van der Waals surface area contributed by atoms with Crippen LogP contribution in [0.25, 0.3) is 0 Å². The predicted molar refractivity (Wildman–Crippen MR) is 61.1 cm³/mol. The minimum absolute atomic E-state index is 0.379. The molecule has 1 aromatic carbocycles. The summed E-state index contributed by atoms with van der Waals surface area (Å²) in [6, 6.07) is 5.97. The van der Waals surface area contributed by atoms with Crippen molar-refractivity contribution in [2.75, 3.05) is 6.54 Å². The molecular formula is C10H12ClN3O2. The first kappa shape index (κ1) is 12.3. The van der Waals surface area contributed by atoms with Crippen LogP contribution in [0.4, 0.5) is 4.79 Å². The van der Waals surface area contributed by atoms with Crippen LogP contribution in [-0.4, -0.2) is 18.5 Å². The Morgan fingerprint density at radius 1 is 1.31 bits per heavy atom. The summed E-state index contributed by atoms with van der Waals surface area (Å²) in [5.41, 5.74) is 4.84. The molecule has 0 saturated carbocycles. The molecule has 16 heavy (non-hydrogen) atoms. The quantitative estimate of drug-likeness (QED) is 0.683. The van der Waals surface area contributed by atoms with E-state index in [4.69, 9.17) is 11.6 Å². The lowest BCUT2D eigenvalue weighted by molar-refractivity contribution is 0.0936. The normalized spacial score (nSPS) is 9.38. The van der Waals surface area contributed by atoms with Crippen LogP contribution in [0.5, 0.6) is 0 Å². The Labute approximate surface area is 98.1 Å². The lowest BCUT2D eigenvalue weighted by atomic mass is 10.2. The molecule has 0 heterocycles. The van der Waals surface area contributed by atoms with Gasteiger partial charge in [-0.25, -0.2) is 10.2 Å². The zero-order valence-corrected chi connectivity index (χ0v) is 9.47. The van der Waals surface area contributed by atoms with E-state index in [2.05, 4.69) is 16.2 Å². The molecule has 86 valence electrons. The number of hydrogen-bond donors (Lipinski definition) is 3. The average Bonchev–Trinajstić information content (AvgIpc) is 2.26. The fourth-order valence-electron chi connectivity index (χ4n) is 1.02. The van der Waals surface area contributed by atoms with Gasteiger partial charge in [0.15, 0.2) is 0 Å². The number of carbonyl (C=O) groups is 2. The second-order valence-corrected chi connectivity index (χ2v) is 3.39. The zero-order valence-electron chi connectivity index (χ0n) is 8.71. The Kier molecular flexibility index (Phi) is 4.60. The SMILES string of the molecule is CCNC(=O)NNC(=O)c1cccc(Cl)c1.